The lowest BCUT2D eigenvalue weighted by Gasteiger charge is -2.31. The van der Waals surface area contributed by atoms with Gasteiger partial charge in [-0.1, -0.05) is 25.6 Å². The molecule has 1 rings (SSSR count). The molecular weight excluding hydrogens is 284 g/mol. The van der Waals surface area contributed by atoms with Crippen LogP contribution in [-0.2, 0) is 4.74 Å². The molecule has 0 aromatic carbocycles. The lowest BCUT2D eigenvalue weighted by molar-refractivity contribution is 0.202. The first-order valence-electron chi connectivity index (χ1n) is 7.62. The second-order valence-electron chi connectivity index (χ2n) is 4.78. The molecule has 1 aromatic heterocycles. The molecule has 0 aliphatic rings. The third kappa shape index (κ3) is 5.36. The van der Waals surface area contributed by atoms with Crippen molar-refractivity contribution in [1.82, 2.24) is 9.97 Å². The van der Waals surface area contributed by atoms with E-state index in [1.54, 1.807) is 18.9 Å². The van der Waals surface area contributed by atoms with Crippen LogP contribution in [0.1, 0.15) is 33.6 Å². The summed E-state index contributed by atoms with van der Waals surface area (Å²) in [7, 11) is 1.74. The summed E-state index contributed by atoms with van der Waals surface area (Å²) in [6.07, 6.45) is 4.19. The third-order valence-corrected chi connectivity index (χ3v) is 3.99. The summed E-state index contributed by atoms with van der Waals surface area (Å²) >= 11 is 1.57. The first kappa shape index (κ1) is 18.0. The minimum atomic E-state index is 0.472. The van der Waals surface area contributed by atoms with Gasteiger partial charge in [-0.2, -0.15) is 0 Å². The average molecular weight is 312 g/mol. The van der Waals surface area contributed by atoms with E-state index in [9.17, 15) is 0 Å². The molecule has 120 valence electrons. The van der Waals surface area contributed by atoms with Crippen molar-refractivity contribution in [2.45, 2.75) is 44.8 Å². The molecule has 0 amide bonds. The molecule has 0 atom stereocenters. The van der Waals surface area contributed by atoms with E-state index in [-0.39, 0.29) is 0 Å². The van der Waals surface area contributed by atoms with E-state index in [1.165, 1.54) is 0 Å². The molecule has 0 aliphatic heterocycles. The van der Waals surface area contributed by atoms with Crippen LogP contribution in [0.25, 0.3) is 0 Å². The van der Waals surface area contributed by atoms with Crippen LogP contribution >= 0.6 is 11.8 Å². The topological polar surface area (TPSA) is 50.3 Å². The van der Waals surface area contributed by atoms with Gasteiger partial charge in [0.15, 0.2) is 5.16 Å². The van der Waals surface area contributed by atoms with Gasteiger partial charge in [0.2, 0.25) is 0 Å². The molecule has 0 fully saturated rings. The molecule has 0 aliphatic carbocycles. The molecule has 0 unspecified atom stereocenters. The number of ether oxygens (including phenoxy) is 1. The summed E-state index contributed by atoms with van der Waals surface area (Å²) < 4.78 is 5.26. The maximum Gasteiger partial charge on any atom is 0.191 e. The summed E-state index contributed by atoms with van der Waals surface area (Å²) in [5.41, 5.74) is 0. The van der Waals surface area contributed by atoms with Crippen LogP contribution in [0.15, 0.2) is 11.2 Å². The zero-order valence-electron chi connectivity index (χ0n) is 13.8. The van der Waals surface area contributed by atoms with E-state index in [0.29, 0.717) is 12.6 Å². The molecule has 0 saturated carbocycles. The van der Waals surface area contributed by atoms with Crippen LogP contribution in [0.3, 0.4) is 0 Å². The minimum Gasteiger partial charge on any atom is -0.383 e. The number of hydrogen-bond acceptors (Lipinski definition) is 6. The summed E-state index contributed by atoms with van der Waals surface area (Å²) in [5, 5.41) is 4.09. The Kier molecular flexibility index (Phi) is 8.45. The highest BCUT2D eigenvalue weighted by molar-refractivity contribution is 7.98. The van der Waals surface area contributed by atoms with E-state index in [4.69, 9.17) is 4.74 Å². The summed E-state index contributed by atoms with van der Waals surface area (Å²) in [5.74, 6) is 1.87. The maximum atomic E-state index is 5.26. The van der Waals surface area contributed by atoms with Crippen LogP contribution in [0, 0.1) is 0 Å². The molecule has 6 heteroatoms. The lowest BCUT2D eigenvalue weighted by atomic mass is 10.1. The third-order valence-electron chi connectivity index (χ3n) is 3.45. The van der Waals surface area contributed by atoms with Gasteiger partial charge in [-0.15, -0.1) is 0 Å². The molecule has 5 nitrogen and oxygen atoms in total. The molecule has 21 heavy (non-hydrogen) atoms. The molecule has 0 radical (unpaired) electrons. The molecular formula is C15H28N4OS. The first-order valence-corrected chi connectivity index (χ1v) is 8.85. The quantitative estimate of drug-likeness (QED) is 0.528. The molecule has 1 N–H and O–H groups in total. The van der Waals surface area contributed by atoms with Crippen LogP contribution in [0.4, 0.5) is 11.6 Å². The van der Waals surface area contributed by atoms with E-state index >= 15 is 0 Å². The number of nitrogens with one attached hydrogen (secondary N) is 1. The van der Waals surface area contributed by atoms with E-state index < -0.39 is 0 Å². The normalized spacial score (nSPS) is 11.0. The van der Waals surface area contributed by atoms with Crippen molar-refractivity contribution in [1.29, 1.82) is 0 Å². The number of rotatable bonds is 10. The number of hydrogen-bond donors (Lipinski definition) is 1. The van der Waals surface area contributed by atoms with Crippen LogP contribution in [-0.4, -0.2) is 49.1 Å². The number of anilines is 2. The Morgan fingerprint density at radius 1 is 1.29 bits per heavy atom. The molecule has 0 saturated heterocycles. The Bertz CT molecular complexity index is 413. The maximum absolute atomic E-state index is 5.26. The fourth-order valence-corrected chi connectivity index (χ4v) is 2.70. The standard InChI is InChI=1S/C15H28N4OS/c1-6-12(7-2)19(9-10-20-4)14-11-13(16-8-3)17-15(18-14)21-5/h11-12H,6-10H2,1-5H3,(H,16,17,18). The van der Waals surface area contributed by atoms with Crippen molar-refractivity contribution in [3.8, 4) is 0 Å². The second-order valence-corrected chi connectivity index (χ2v) is 5.56. The largest absolute Gasteiger partial charge is 0.383 e. The number of thioether (sulfide) groups is 1. The predicted octanol–water partition coefficient (Wildman–Crippen LogP) is 3.27. The molecule has 0 spiro atoms. The number of aromatic nitrogens is 2. The van der Waals surface area contributed by atoms with Crippen molar-refractivity contribution in [2.75, 3.05) is 43.3 Å². The highest BCUT2D eigenvalue weighted by Crippen LogP contribution is 2.23. The van der Waals surface area contributed by atoms with Crippen molar-refractivity contribution < 1.29 is 4.74 Å². The van der Waals surface area contributed by atoms with Crippen molar-refractivity contribution >= 4 is 23.4 Å². The summed E-state index contributed by atoms with van der Waals surface area (Å²) in [4.78, 5) is 11.5. The highest BCUT2D eigenvalue weighted by Gasteiger charge is 2.18. The van der Waals surface area contributed by atoms with Gasteiger partial charge in [0.25, 0.3) is 0 Å². The number of nitrogens with zero attached hydrogens (tertiary/aromatic N) is 3. The zero-order chi connectivity index (χ0) is 15.7. The van der Waals surface area contributed by atoms with E-state index in [1.807, 2.05) is 12.3 Å². The van der Waals surface area contributed by atoms with Crippen LogP contribution in [0.2, 0.25) is 0 Å². The minimum absolute atomic E-state index is 0.472. The monoisotopic (exact) mass is 312 g/mol. The fourth-order valence-electron chi connectivity index (χ4n) is 2.33. The van der Waals surface area contributed by atoms with Crippen LogP contribution < -0.4 is 10.2 Å². The van der Waals surface area contributed by atoms with Crippen LogP contribution in [0.5, 0.6) is 0 Å². The van der Waals surface area contributed by atoms with Gasteiger partial charge in [-0.05, 0) is 26.0 Å². The highest BCUT2D eigenvalue weighted by atomic mass is 32.2. The molecule has 1 heterocycles. The van der Waals surface area contributed by atoms with Crippen molar-refractivity contribution in [2.24, 2.45) is 0 Å². The number of methoxy groups -OCH3 is 1. The van der Waals surface area contributed by atoms with Gasteiger partial charge < -0.3 is 15.0 Å². The van der Waals surface area contributed by atoms with Gasteiger partial charge in [-0.3, -0.25) is 0 Å². The van der Waals surface area contributed by atoms with E-state index in [0.717, 1.165) is 42.7 Å². The Morgan fingerprint density at radius 2 is 2.00 bits per heavy atom. The smallest absolute Gasteiger partial charge is 0.191 e. The molecule has 0 bridgehead atoms. The second kappa shape index (κ2) is 9.84. The summed E-state index contributed by atoms with van der Waals surface area (Å²) in [6.45, 7) is 8.91. The first-order chi connectivity index (χ1) is 10.2. The zero-order valence-corrected chi connectivity index (χ0v) is 14.7. The van der Waals surface area contributed by atoms with Gasteiger partial charge in [0.05, 0.1) is 6.61 Å². The van der Waals surface area contributed by atoms with E-state index in [2.05, 4.69) is 41.0 Å². The average Bonchev–Trinajstić information content (AvgIpc) is 2.51. The SMILES string of the molecule is CCNc1cc(N(CCOC)C(CC)CC)nc(SC)n1. The fraction of sp³-hybridized carbons (Fsp3) is 0.733. The van der Waals surface area contributed by atoms with Crippen molar-refractivity contribution in [3.63, 3.8) is 0 Å². The van der Waals surface area contributed by atoms with Gasteiger partial charge in [-0.25, -0.2) is 9.97 Å². The lowest BCUT2D eigenvalue weighted by Crippen LogP contribution is -2.37. The van der Waals surface area contributed by atoms with Gasteiger partial charge in [0, 0.05) is 32.3 Å². The van der Waals surface area contributed by atoms with Gasteiger partial charge >= 0.3 is 0 Å². The Balaban J connectivity index is 3.11. The molecule has 1 aromatic rings. The van der Waals surface area contributed by atoms with Crippen molar-refractivity contribution in [3.05, 3.63) is 6.07 Å². The van der Waals surface area contributed by atoms with Gasteiger partial charge in [0.1, 0.15) is 11.6 Å². The Hall–Kier alpha value is -1.01. The predicted molar refractivity (Wildman–Crippen MR) is 91.6 cm³/mol. The Morgan fingerprint density at radius 3 is 2.52 bits per heavy atom. The Labute approximate surface area is 132 Å². The summed E-state index contributed by atoms with van der Waals surface area (Å²) in [6, 6.07) is 2.51.